The van der Waals surface area contributed by atoms with Gasteiger partial charge in [-0.15, -0.1) is 0 Å². The second-order valence-corrected chi connectivity index (χ2v) is 7.46. The second kappa shape index (κ2) is 10.7. The zero-order chi connectivity index (χ0) is 24.0. The highest BCUT2D eigenvalue weighted by Crippen LogP contribution is 2.24. The summed E-state index contributed by atoms with van der Waals surface area (Å²) in [4.78, 5) is 29.2. The van der Waals surface area contributed by atoms with Crippen molar-refractivity contribution < 1.29 is 14.3 Å². The molecule has 0 unspecified atom stereocenters. The quantitative estimate of drug-likeness (QED) is 0.291. The Morgan fingerprint density at radius 2 is 1.58 bits per heavy atom. The molecule has 33 heavy (non-hydrogen) atoms. The van der Waals surface area contributed by atoms with Gasteiger partial charge >= 0.3 is 5.63 Å². The van der Waals surface area contributed by atoms with Crippen LogP contribution >= 0.6 is 0 Å². The van der Waals surface area contributed by atoms with Crippen molar-refractivity contribution in [3.05, 3.63) is 64.0 Å². The number of hydrogen-bond acceptors (Lipinski definition) is 7. The van der Waals surface area contributed by atoms with Crippen LogP contribution in [0.4, 0.5) is 11.4 Å². The zero-order valence-electron chi connectivity index (χ0n) is 19.5. The van der Waals surface area contributed by atoms with Gasteiger partial charge in [-0.05, 0) is 58.0 Å². The summed E-state index contributed by atoms with van der Waals surface area (Å²) in [6.45, 7) is 11.5. The van der Waals surface area contributed by atoms with E-state index in [0.29, 0.717) is 16.5 Å². The van der Waals surface area contributed by atoms with Crippen molar-refractivity contribution in [2.24, 2.45) is 5.10 Å². The smallest absolute Gasteiger partial charge is 0.349 e. The maximum Gasteiger partial charge on any atom is 0.349 e. The molecule has 8 nitrogen and oxygen atoms in total. The van der Waals surface area contributed by atoms with Gasteiger partial charge in [0.05, 0.1) is 6.21 Å². The summed E-state index contributed by atoms with van der Waals surface area (Å²) in [5, 5.41) is 14.8. The van der Waals surface area contributed by atoms with E-state index in [9.17, 15) is 14.7 Å². The Hall–Kier alpha value is -3.81. The van der Waals surface area contributed by atoms with E-state index < -0.39 is 11.5 Å². The second-order valence-electron chi connectivity index (χ2n) is 7.46. The molecule has 0 saturated heterocycles. The van der Waals surface area contributed by atoms with Gasteiger partial charge in [0.25, 0.3) is 5.91 Å². The van der Waals surface area contributed by atoms with Gasteiger partial charge in [0.2, 0.25) is 0 Å². The van der Waals surface area contributed by atoms with Crippen molar-refractivity contribution in [1.82, 2.24) is 5.43 Å². The van der Waals surface area contributed by atoms with Crippen LogP contribution in [-0.2, 0) is 0 Å². The number of carbonyl (C=O) groups is 1. The first-order valence-electron chi connectivity index (χ1n) is 11.2. The number of nitrogens with zero attached hydrogens (tertiary/aromatic N) is 3. The van der Waals surface area contributed by atoms with Crippen LogP contribution in [0.3, 0.4) is 0 Å². The molecule has 3 rings (SSSR count). The third-order valence-electron chi connectivity index (χ3n) is 5.61. The summed E-state index contributed by atoms with van der Waals surface area (Å²) in [7, 11) is 0. The normalized spacial score (nSPS) is 11.2. The topological polar surface area (TPSA) is 98.4 Å². The molecule has 0 spiro atoms. The molecule has 1 amide bonds. The van der Waals surface area contributed by atoms with E-state index in [2.05, 4.69) is 34.2 Å². The maximum absolute atomic E-state index is 12.5. The van der Waals surface area contributed by atoms with Crippen molar-refractivity contribution in [3.63, 3.8) is 0 Å². The number of benzene rings is 2. The number of hydrazone groups is 1. The Morgan fingerprint density at radius 1 is 0.970 bits per heavy atom. The Labute approximate surface area is 193 Å². The van der Waals surface area contributed by atoms with Crippen molar-refractivity contribution in [2.45, 2.75) is 27.7 Å². The average Bonchev–Trinajstić information content (AvgIpc) is 2.81. The highest BCUT2D eigenvalue weighted by Gasteiger charge is 2.14. The summed E-state index contributed by atoms with van der Waals surface area (Å²) < 4.78 is 5.39. The molecule has 0 aliphatic rings. The average molecular weight is 451 g/mol. The van der Waals surface area contributed by atoms with Gasteiger partial charge in [-0.2, -0.15) is 5.10 Å². The molecule has 1 aromatic heterocycles. The molecule has 3 aromatic rings. The van der Waals surface area contributed by atoms with Crippen LogP contribution in [-0.4, -0.2) is 43.4 Å². The number of rotatable bonds is 9. The molecule has 0 aliphatic heterocycles. The highest BCUT2D eigenvalue weighted by molar-refractivity contribution is 5.97. The Kier molecular flexibility index (Phi) is 7.71. The molecule has 0 fully saturated rings. The van der Waals surface area contributed by atoms with E-state index in [1.807, 2.05) is 32.0 Å². The van der Waals surface area contributed by atoms with E-state index >= 15 is 0 Å². The molecule has 0 bridgehead atoms. The summed E-state index contributed by atoms with van der Waals surface area (Å²) >= 11 is 0. The van der Waals surface area contributed by atoms with E-state index in [4.69, 9.17) is 4.42 Å². The first-order chi connectivity index (χ1) is 15.9. The van der Waals surface area contributed by atoms with E-state index in [1.54, 1.807) is 18.2 Å². The lowest BCUT2D eigenvalue weighted by atomic mass is 10.1. The van der Waals surface area contributed by atoms with Crippen molar-refractivity contribution in [3.8, 4) is 5.75 Å². The van der Waals surface area contributed by atoms with Gasteiger partial charge < -0.3 is 19.3 Å². The third-order valence-corrected chi connectivity index (χ3v) is 5.61. The number of anilines is 2. The zero-order valence-corrected chi connectivity index (χ0v) is 19.5. The fourth-order valence-electron chi connectivity index (χ4n) is 3.69. The van der Waals surface area contributed by atoms with Crippen LogP contribution in [0.2, 0.25) is 0 Å². The molecular formula is C25H30N4O4. The van der Waals surface area contributed by atoms with Crippen LogP contribution < -0.4 is 20.9 Å². The summed E-state index contributed by atoms with van der Waals surface area (Å²) in [6.07, 6.45) is 1.33. The summed E-state index contributed by atoms with van der Waals surface area (Å²) in [5.74, 6) is -0.638. The van der Waals surface area contributed by atoms with E-state index in [0.717, 1.165) is 37.6 Å². The molecule has 0 atom stereocenters. The van der Waals surface area contributed by atoms with Crippen LogP contribution in [0.1, 0.15) is 43.6 Å². The standard InChI is InChI=1S/C25H30N4O4/c1-5-28(6-2)19-12-10-18(22(30)14-19)16-26-27-24(31)21-13-17-9-11-20(29(7-3)8-4)15-23(17)33-25(21)32/h9-16,30H,5-8H2,1-4H3,(H,27,31)/b26-16+. The van der Waals surface area contributed by atoms with Crippen LogP contribution in [0.5, 0.6) is 5.75 Å². The van der Waals surface area contributed by atoms with Crippen molar-refractivity contribution in [2.75, 3.05) is 36.0 Å². The Bertz CT molecular complexity index is 1210. The Balaban J connectivity index is 1.77. The molecule has 8 heteroatoms. The lowest BCUT2D eigenvalue weighted by molar-refractivity contribution is 0.0951. The number of nitrogens with one attached hydrogen (secondary N) is 1. The molecule has 0 aliphatic carbocycles. The summed E-state index contributed by atoms with van der Waals surface area (Å²) in [6, 6.07) is 12.3. The van der Waals surface area contributed by atoms with Crippen LogP contribution in [0.15, 0.2) is 56.8 Å². The highest BCUT2D eigenvalue weighted by atomic mass is 16.4. The first kappa shape index (κ1) is 23.8. The third kappa shape index (κ3) is 5.34. The fourth-order valence-corrected chi connectivity index (χ4v) is 3.69. The minimum absolute atomic E-state index is 0.0478. The Morgan fingerprint density at radius 3 is 2.18 bits per heavy atom. The molecule has 0 radical (unpaired) electrons. The number of aromatic hydroxyl groups is 1. The van der Waals surface area contributed by atoms with Gasteiger partial charge in [0.15, 0.2) is 0 Å². The minimum Gasteiger partial charge on any atom is -0.507 e. The number of phenols is 1. The molecule has 2 aromatic carbocycles. The fraction of sp³-hybridized carbons (Fsp3) is 0.320. The summed E-state index contributed by atoms with van der Waals surface area (Å²) in [5.41, 5.74) is 4.16. The monoisotopic (exact) mass is 450 g/mol. The molecule has 0 saturated carbocycles. The lowest BCUT2D eigenvalue weighted by Gasteiger charge is -2.21. The first-order valence-corrected chi connectivity index (χ1v) is 11.2. The predicted molar refractivity (Wildman–Crippen MR) is 133 cm³/mol. The van der Waals surface area contributed by atoms with Crippen molar-refractivity contribution >= 4 is 34.5 Å². The van der Waals surface area contributed by atoms with E-state index in [-0.39, 0.29) is 11.3 Å². The molecular weight excluding hydrogens is 420 g/mol. The number of carbonyl (C=O) groups excluding carboxylic acids is 1. The SMILES string of the molecule is CCN(CC)c1ccc(/C=N/NC(=O)c2cc3ccc(N(CC)CC)cc3oc2=O)c(O)c1. The largest absolute Gasteiger partial charge is 0.507 e. The number of fused-ring (bicyclic) bond motifs is 1. The van der Waals surface area contributed by atoms with Gasteiger partial charge in [-0.3, -0.25) is 4.79 Å². The lowest BCUT2D eigenvalue weighted by Crippen LogP contribution is -2.24. The minimum atomic E-state index is -0.738. The van der Waals surface area contributed by atoms with Gasteiger partial charge in [0.1, 0.15) is 16.9 Å². The van der Waals surface area contributed by atoms with Crippen LogP contribution in [0.25, 0.3) is 11.0 Å². The number of phenolic OH excluding ortho intramolecular Hbond substituents is 1. The molecule has 1 heterocycles. The molecule has 2 N–H and O–H groups in total. The maximum atomic E-state index is 12.5. The number of hydrogen-bond donors (Lipinski definition) is 2. The van der Waals surface area contributed by atoms with Gasteiger partial charge in [0, 0.05) is 60.6 Å². The van der Waals surface area contributed by atoms with E-state index in [1.165, 1.54) is 12.3 Å². The number of amides is 1. The van der Waals surface area contributed by atoms with Crippen molar-refractivity contribution in [1.29, 1.82) is 0 Å². The van der Waals surface area contributed by atoms with Gasteiger partial charge in [-0.25, -0.2) is 10.2 Å². The van der Waals surface area contributed by atoms with Crippen LogP contribution in [0, 0.1) is 0 Å². The molecule has 174 valence electrons. The predicted octanol–water partition coefficient (Wildman–Crippen LogP) is 3.95. The van der Waals surface area contributed by atoms with Gasteiger partial charge in [-0.1, -0.05) is 0 Å².